The fourth-order valence-electron chi connectivity index (χ4n) is 3.13. The lowest BCUT2D eigenvalue weighted by atomic mass is 10.2. The highest BCUT2D eigenvalue weighted by Gasteiger charge is 2.21. The van der Waals surface area contributed by atoms with Crippen LogP contribution in [0.15, 0.2) is 60.9 Å². The highest BCUT2D eigenvalue weighted by molar-refractivity contribution is 5.74. The monoisotopic (exact) mass is 365 g/mol. The van der Waals surface area contributed by atoms with E-state index in [0.29, 0.717) is 19.6 Å². The molecule has 5 nitrogen and oxygen atoms in total. The molecule has 2 heterocycles. The third-order valence-electron chi connectivity index (χ3n) is 4.61. The van der Waals surface area contributed by atoms with E-state index in [1.807, 2.05) is 47.4 Å². The predicted octanol–water partition coefficient (Wildman–Crippen LogP) is 3.53. The van der Waals surface area contributed by atoms with Crippen LogP contribution in [0.1, 0.15) is 24.0 Å². The van der Waals surface area contributed by atoms with Gasteiger partial charge >= 0.3 is 6.03 Å². The molecule has 1 aromatic carbocycles. The van der Waals surface area contributed by atoms with Gasteiger partial charge in [-0.05, 0) is 42.5 Å². The number of nitrogens with one attached hydrogen (secondary N) is 1. The minimum Gasteiger partial charge on any atom is -0.376 e. The second kappa shape index (κ2) is 10.5. The van der Waals surface area contributed by atoms with Crippen LogP contribution in [0.3, 0.4) is 0 Å². The van der Waals surface area contributed by atoms with Gasteiger partial charge in [-0.15, -0.1) is 0 Å². The van der Waals surface area contributed by atoms with Crippen molar-refractivity contribution in [1.29, 1.82) is 0 Å². The van der Waals surface area contributed by atoms with Crippen LogP contribution in [0, 0.1) is 0 Å². The molecule has 2 aromatic rings. The fraction of sp³-hybridized carbons (Fsp3) is 0.364. The lowest BCUT2D eigenvalue weighted by Crippen LogP contribution is -2.44. The van der Waals surface area contributed by atoms with Crippen molar-refractivity contribution in [1.82, 2.24) is 15.2 Å². The van der Waals surface area contributed by atoms with Crippen molar-refractivity contribution in [3.8, 4) is 0 Å². The number of carbonyl (C=O) groups excluding carboxylic acids is 1. The number of rotatable bonds is 8. The van der Waals surface area contributed by atoms with Crippen LogP contribution in [0.4, 0.5) is 4.79 Å². The molecule has 1 saturated heterocycles. The molecule has 27 heavy (non-hydrogen) atoms. The molecule has 142 valence electrons. The Balaban J connectivity index is 1.53. The SMILES string of the molecule is O=C(NCCc1ccncc1)N(C/C=C/c1ccccc1)CC1CCCO1. The van der Waals surface area contributed by atoms with Gasteiger partial charge in [-0.2, -0.15) is 0 Å². The van der Waals surface area contributed by atoms with Crippen molar-refractivity contribution in [3.63, 3.8) is 0 Å². The Kier molecular flexibility index (Phi) is 7.42. The fourth-order valence-corrected chi connectivity index (χ4v) is 3.13. The summed E-state index contributed by atoms with van der Waals surface area (Å²) in [6, 6.07) is 14.0. The molecule has 0 saturated carbocycles. The van der Waals surface area contributed by atoms with Crippen molar-refractivity contribution in [3.05, 3.63) is 72.1 Å². The van der Waals surface area contributed by atoms with Crippen LogP contribution >= 0.6 is 0 Å². The lowest BCUT2D eigenvalue weighted by molar-refractivity contribution is 0.0842. The highest BCUT2D eigenvalue weighted by atomic mass is 16.5. The summed E-state index contributed by atoms with van der Waals surface area (Å²) in [6.45, 7) is 2.59. The Hall–Kier alpha value is -2.66. The Morgan fingerprint density at radius 2 is 2.04 bits per heavy atom. The van der Waals surface area contributed by atoms with E-state index in [4.69, 9.17) is 4.74 Å². The molecule has 1 atom stereocenters. The summed E-state index contributed by atoms with van der Waals surface area (Å²) in [5.41, 5.74) is 2.30. The van der Waals surface area contributed by atoms with Crippen LogP contribution in [-0.4, -0.2) is 48.3 Å². The predicted molar refractivity (Wildman–Crippen MR) is 107 cm³/mol. The summed E-state index contributed by atoms with van der Waals surface area (Å²) in [7, 11) is 0. The molecule has 3 rings (SSSR count). The van der Waals surface area contributed by atoms with Gasteiger partial charge < -0.3 is 15.0 Å². The van der Waals surface area contributed by atoms with E-state index in [1.165, 1.54) is 5.56 Å². The molecule has 1 aromatic heterocycles. The van der Waals surface area contributed by atoms with Crippen LogP contribution in [0.5, 0.6) is 0 Å². The Labute approximate surface area is 161 Å². The summed E-state index contributed by atoms with van der Waals surface area (Å²) >= 11 is 0. The van der Waals surface area contributed by atoms with Gasteiger partial charge in [0.15, 0.2) is 0 Å². The molecule has 1 unspecified atom stereocenters. The second-order valence-corrected chi connectivity index (χ2v) is 6.69. The summed E-state index contributed by atoms with van der Waals surface area (Å²) < 4.78 is 5.72. The largest absolute Gasteiger partial charge is 0.376 e. The Bertz CT molecular complexity index is 713. The van der Waals surface area contributed by atoms with Crippen LogP contribution in [0.25, 0.3) is 6.08 Å². The third-order valence-corrected chi connectivity index (χ3v) is 4.61. The van der Waals surface area contributed by atoms with Crippen molar-refractivity contribution in [2.45, 2.75) is 25.4 Å². The number of carbonyl (C=O) groups is 1. The van der Waals surface area contributed by atoms with Crippen molar-refractivity contribution < 1.29 is 9.53 Å². The number of hydrogen-bond donors (Lipinski definition) is 1. The average molecular weight is 365 g/mol. The Morgan fingerprint density at radius 3 is 2.78 bits per heavy atom. The van der Waals surface area contributed by atoms with Gasteiger partial charge in [-0.25, -0.2) is 4.79 Å². The van der Waals surface area contributed by atoms with Gasteiger partial charge in [0.25, 0.3) is 0 Å². The Morgan fingerprint density at radius 1 is 1.22 bits per heavy atom. The first kappa shape index (κ1) is 19.1. The maximum Gasteiger partial charge on any atom is 0.317 e. The third kappa shape index (κ3) is 6.53. The normalized spacial score (nSPS) is 16.5. The van der Waals surface area contributed by atoms with Crippen molar-refractivity contribution in [2.75, 3.05) is 26.2 Å². The molecule has 0 bridgehead atoms. The van der Waals surface area contributed by atoms with Gasteiger partial charge in [0.1, 0.15) is 0 Å². The number of ether oxygens (including phenoxy) is 1. The van der Waals surface area contributed by atoms with E-state index in [1.54, 1.807) is 12.4 Å². The molecule has 1 aliphatic rings. The number of urea groups is 1. The summed E-state index contributed by atoms with van der Waals surface area (Å²) in [4.78, 5) is 18.5. The highest BCUT2D eigenvalue weighted by Crippen LogP contribution is 2.14. The summed E-state index contributed by atoms with van der Waals surface area (Å²) in [5, 5.41) is 3.03. The second-order valence-electron chi connectivity index (χ2n) is 6.69. The number of aromatic nitrogens is 1. The van der Waals surface area contributed by atoms with Crippen LogP contribution in [0.2, 0.25) is 0 Å². The molecule has 0 spiro atoms. The van der Waals surface area contributed by atoms with Crippen molar-refractivity contribution >= 4 is 12.1 Å². The maximum absolute atomic E-state index is 12.7. The van der Waals surface area contributed by atoms with Crippen LogP contribution in [-0.2, 0) is 11.2 Å². The van der Waals surface area contributed by atoms with Gasteiger partial charge in [0.2, 0.25) is 0 Å². The summed E-state index contributed by atoms with van der Waals surface area (Å²) in [6.07, 6.45) is 10.7. The topological polar surface area (TPSA) is 54.5 Å². The first-order valence-corrected chi connectivity index (χ1v) is 9.56. The summed E-state index contributed by atoms with van der Waals surface area (Å²) in [5.74, 6) is 0. The molecule has 5 heteroatoms. The van der Waals surface area contributed by atoms with Gasteiger partial charge in [-0.1, -0.05) is 42.5 Å². The van der Waals surface area contributed by atoms with E-state index in [2.05, 4.69) is 22.4 Å². The van der Waals surface area contributed by atoms with E-state index >= 15 is 0 Å². The average Bonchev–Trinajstić information content (AvgIpc) is 3.22. The van der Waals surface area contributed by atoms with E-state index < -0.39 is 0 Å². The van der Waals surface area contributed by atoms with E-state index in [9.17, 15) is 4.79 Å². The minimum absolute atomic E-state index is 0.0442. The first-order valence-electron chi connectivity index (χ1n) is 9.56. The van der Waals surface area contributed by atoms with Gasteiger partial charge in [-0.3, -0.25) is 4.98 Å². The smallest absolute Gasteiger partial charge is 0.317 e. The molecule has 0 aliphatic carbocycles. The van der Waals surface area contributed by atoms with Gasteiger partial charge in [0, 0.05) is 38.6 Å². The van der Waals surface area contributed by atoms with E-state index in [0.717, 1.165) is 31.4 Å². The molecule has 1 fully saturated rings. The van der Waals surface area contributed by atoms with Gasteiger partial charge in [0.05, 0.1) is 6.10 Å². The first-order chi connectivity index (χ1) is 13.3. The zero-order chi connectivity index (χ0) is 18.7. The number of amides is 2. The molecular formula is C22H27N3O2. The molecular weight excluding hydrogens is 338 g/mol. The van der Waals surface area contributed by atoms with Crippen LogP contribution < -0.4 is 5.32 Å². The molecule has 2 amide bonds. The zero-order valence-corrected chi connectivity index (χ0v) is 15.6. The zero-order valence-electron chi connectivity index (χ0n) is 15.6. The lowest BCUT2D eigenvalue weighted by Gasteiger charge is -2.24. The molecule has 1 N–H and O–H groups in total. The molecule has 1 aliphatic heterocycles. The van der Waals surface area contributed by atoms with E-state index in [-0.39, 0.29) is 12.1 Å². The maximum atomic E-state index is 12.7. The number of nitrogens with zero attached hydrogens (tertiary/aromatic N) is 2. The number of pyridine rings is 1. The quantitative estimate of drug-likeness (QED) is 0.779. The molecule has 0 radical (unpaired) electrons. The van der Waals surface area contributed by atoms with Crippen molar-refractivity contribution in [2.24, 2.45) is 0 Å². The number of benzene rings is 1. The standard InChI is InChI=1S/C22H27N3O2/c26-22(24-15-12-20-10-13-23-14-11-20)25(18-21-9-5-17-27-21)16-4-8-19-6-2-1-3-7-19/h1-4,6-8,10-11,13-14,21H,5,9,12,15-18H2,(H,24,26)/b8-4+. The number of hydrogen-bond acceptors (Lipinski definition) is 3. The minimum atomic E-state index is -0.0442.